The van der Waals surface area contributed by atoms with E-state index in [1.165, 1.54) is 18.4 Å². The molecular formula is C18H27BrN2O. The third-order valence-corrected chi connectivity index (χ3v) is 4.36. The lowest BCUT2D eigenvalue weighted by molar-refractivity contribution is -0.121. The summed E-state index contributed by atoms with van der Waals surface area (Å²) in [6.45, 7) is 7.25. The first-order valence-corrected chi connectivity index (χ1v) is 8.75. The monoisotopic (exact) mass is 366 g/mol. The second-order valence-electron chi connectivity index (χ2n) is 5.41. The van der Waals surface area contributed by atoms with Gasteiger partial charge < -0.3 is 5.32 Å². The SMILES string of the molecule is C=CCN(Br)C(CNC(=O)CCCCCC)c1ccccc1. The molecule has 1 unspecified atom stereocenters. The van der Waals surface area contributed by atoms with Crippen LogP contribution < -0.4 is 5.32 Å². The predicted molar refractivity (Wildman–Crippen MR) is 96.8 cm³/mol. The van der Waals surface area contributed by atoms with Gasteiger partial charge in [-0.2, -0.15) is 0 Å². The Labute approximate surface area is 143 Å². The van der Waals surface area contributed by atoms with Gasteiger partial charge in [-0.05, 0) is 12.0 Å². The lowest BCUT2D eigenvalue weighted by atomic mass is 10.1. The number of unbranched alkanes of at least 4 members (excludes halogenated alkanes) is 3. The van der Waals surface area contributed by atoms with E-state index in [1.807, 2.05) is 28.2 Å². The van der Waals surface area contributed by atoms with E-state index < -0.39 is 0 Å². The van der Waals surface area contributed by atoms with Crippen molar-refractivity contribution >= 4 is 22.1 Å². The number of hydrogen-bond acceptors (Lipinski definition) is 2. The highest BCUT2D eigenvalue weighted by molar-refractivity contribution is 9.07. The Balaban J connectivity index is 2.51. The zero-order valence-corrected chi connectivity index (χ0v) is 15.0. The van der Waals surface area contributed by atoms with Crippen LogP contribution in [0.15, 0.2) is 43.0 Å². The highest BCUT2D eigenvalue weighted by atomic mass is 79.9. The maximum Gasteiger partial charge on any atom is 0.220 e. The van der Waals surface area contributed by atoms with E-state index in [4.69, 9.17) is 0 Å². The van der Waals surface area contributed by atoms with Gasteiger partial charge in [-0.1, -0.05) is 62.6 Å². The second kappa shape index (κ2) is 11.4. The Bertz CT molecular complexity index is 436. The van der Waals surface area contributed by atoms with E-state index in [-0.39, 0.29) is 11.9 Å². The van der Waals surface area contributed by atoms with Crippen molar-refractivity contribution in [3.05, 3.63) is 48.6 Å². The highest BCUT2D eigenvalue weighted by Gasteiger charge is 2.18. The van der Waals surface area contributed by atoms with E-state index in [0.29, 0.717) is 19.5 Å². The molecule has 0 saturated carbocycles. The molecule has 1 N–H and O–H groups in total. The van der Waals surface area contributed by atoms with Gasteiger partial charge >= 0.3 is 0 Å². The van der Waals surface area contributed by atoms with E-state index >= 15 is 0 Å². The molecule has 0 aliphatic heterocycles. The van der Waals surface area contributed by atoms with E-state index in [9.17, 15) is 4.79 Å². The minimum absolute atomic E-state index is 0.0961. The number of hydrogen-bond donors (Lipinski definition) is 1. The van der Waals surface area contributed by atoms with Crippen LogP contribution in [0, 0.1) is 0 Å². The van der Waals surface area contributed by atoms with Crippen LogP contribution in [-0.4, -0.2) is 22.9 Å². The average molecular weight is 367 g/mol. The van der Waals surface area contributed by atoms with Gasteiger partial charge in [-0.15, -0.1) is 6.58 Å². The van der Waals surface area contributed by atoms with Gasteiger partial charge in [0, 0.05) is 35.7 Å². The lowest BCUT2D eigenvalue weighted by Crippen LogP contribution is -2.33. The van der Waals surface area contributed by atoms with E-state index in [1.54, 1.807) is 0 Å². The summed E-state index contributed by atoms with van der Waals surface area (Å²) in [6, 6.07) is 10.3. The first-order chi connectivity index (χ1) is 10.7. The number of nitrogens with zero attached hydrogens (tertiary/aromatic N) is 1. The highest BCUT2D eigenvalue weighted by Crippen LogP contribution is 2.23. The average Bonchev–Trinajstić information content (AvgIpc) is 2.53. The normalized spacial score (nSPS) is 12.1. The number of carbonyl (C=O) groups is 1. The molecule has 0 aromatic heterocycles. The molecule has 0 aliphatic rings. The molecule has 4 heteroatoms. The second-order valence-corrected chi connectivity index (χ2v) is 6.32. The Morgan fingerprint density at radius 1 is 1.32 bits per heavy atom. The van der Waals surface area contributed by atoms with E-state index in [2.05, 4.69) is 47.1 Å². The van der Waals surface area contributed by atoms with Gasteiger partial charge in [0.25, 0.3) is 0 Å². The van der Waals surface area contributed by atoms with Crippen LogP contribution in [0.4, 0.5) is 0 Å². The third-order valence-electron chi connectivity index (χ3n) is 3.58. The summed E-state index contributed by atoms with van der Waals surface area (Å²) in [6.07, 6.45) is 6.96. The summed E-state index contributed by atoms with van der Waals surface area (Å²) in [4.78, 5) is 12.0. The predicted octanol–water partition coefficient (Wildman–Crippen LogP) is 4.61. The summed E-state index contributed by atoms with van der Waals surface area (Å²) >= 11 is 3.58. The van der Waals surface area contributed by atoms with Gasteiger partial charge in [0.05, 0.1) is 6.04 Å². The van der Waals surface area contributed by atoms with Gasteiger partial charge in [-0.3, -0.25) is 4.79 Å². The molecule has 0 saturated heterocycles. The summed E-state index contributed by atoms with van der Waals surface area (Å²) in [7, 11) is 0. The van der Waals surface area contributed by atoms with Crippen LogP contribution in [0.2, 0.25) is 0 Å². The zero-order valence-electron chi connectivity index (χ0n) is 13.4. The minimum atomic E-state index is 0.0961. The Morgan fingerprint density at radius 2 is 2.05 bits per heavy atom. The first kappa shape index (κ1) is 18.9. The molecule has 0 bridgehead atoms. The van der Waals surface area contributed by atoms with Crippen LogP contribution in [0.3, 0.4) is 0 Å². The molecule has 3 nitrogen and oxygen atoms in total. The van der Waals surface area contributed by atoms with Gasteiger partial charge in [-0.25, -0.2) is 3.93 Å². The Kier molecular flexibility index (Phi) is 9.84. The lowest BCUT2D eigenvalue weighted by Gasteiger charge is -2.25. The number of halogens is 1. The molecular weight excluding hydrogens is 340 g/mol. The third kappa shape index (κ3) is 7.23. The smallest absolute Gasteiger partial charge is 0.220 e. The molecule has 122 valence electrons. The molecule has 22 heavy (non-hydrogen) atoms. The Morgan fingerprint density at radius 3 is 2.68 bits per heavy atom. The fourth-order valence-electron chi connectivity index (χ4n) is 2.32. The summed E-state index contributed by atoms with van der Waals surface area (Å²) in [5.74, 6) is 0.136. The molecule has 0 fully saturated rings. The van der Waals surface area contributed by atoms with Crippen molar-refractivity contribution in [2.24, 2.45) is 0 Å². The van der Waals surface area contributed by atoms with Crippen molar-refractivity contribution < 1.29 is 4.79 Å². The maximum atomic E-state index is 12.0. The molecule has 0 radical (unpaired) electrons. The maximum absolute atomic E-state index is 12.0. The molecule has 1 rings (SSSR count). The summed E-state index contributed by atoms with van der Waals surface area (Å²) in [5, 5.41) is 3.05. The van der Waals surface area contributed by atoms with Crippen LogP contribution in [0.25, 0.3) is 0 Å². The van der Waals surface area contributed by atoms with Gasteiger partial charge in [0.1, 0.15) is 0 Å². The number of carbonyl (C=O) groups excluding carboxylic acids is 1. The Hall–Kier alpha value is -1.13. The largest absolute Gasteiger partial charge is 0.354 e. The molecule has 1 amide bonds. The fourth-order valence-corrected chi connectivity index (χ4v) is 2.90. The van der Waals surface area contributed by atoms with Crippen molar-refractivity contribution in [2.45, 2.75) is 45.1 Å². The topological polar surface area (TPSA) is 32.3 Å². The molecule has 1 aromatic carbocycles. The van der Waals surface area contributed by atoms with Crippen molar-refractivity contribution in [3.63, 3.8) is 0 Å². The number of nitrogens with one attached hydrogen (secondary N) is 1. The van der Waals surface area contributed by atoms with Gasteiger partial charge in [0.15, 0.2) is 0 Å². The fraction of sp³-hybridized carbons (Fsp3) is 0.500. The van der Waals surface area contributed by atoms with E-state index in [0.717, 1.165) is 12.8 Å². The van der Waals surface area contributed by atoms with Crippen molar-refractivity contribution in [1.82, 2.24) is 9.24 Å². The molecule has 0 aliphatic carbocycles. The van der Waals surface area contributed by atoms with Crippen molar-refractivity contribution in [2.75, 3.05) is 13.1 Å². The van der Waals surface area contributed by atoms with Crippen LogP contribution in [-0.2, 0) is 4.79 Å². The minimum Gasteiger partial charge on any atom is -0.354 e. The number of benzene rings is 1. The van der Waals surface area contributed by atoms with Crippen LogP contribution >= 0.6 is 16.1 Å². The van der Waals surface area contributed by atoms with Crippen LogP contribution in [0.5, 0.6) is 0 Å². The zero-order chi connectivity index (χ0) is 16.2. The van der Waals surface area contributed by atoms with Crippen molar-refractivity contribution in [3.8, 4) is 0 Å². The quantitative estimate of drug-likeness (QED) is 0.352. The summed E-state index contributed by atoms with van der Waals surface area (Å²) < 4.78 is 2.02. The first-order valence-electron chi connectivity index (χ1n) is 8.04. The summed E-state index contributed by atoms with van der Waals surface area (Å²) in [5.41, 5.74) is 1.17. The van der Waals surface area contributed by atoms with Crippen molar-refractivity contribution in [1.29, 1.82) is 0 Å². The van der Waals surface area contributed by atoms with Gasteiger partial charge in [0.2, 0.25) is 5.91 Å². The van der Waals surface area contributed by atoms with Crippen LogP contribution in [0.1, 0.15) is 50.6 Å². The molecule has 1 atom stereocenters. The molecule has 0 spiro atoms. The standard InChI is InChI=1S/C18H27BrN2O/c1-3-5-6-10-13-18(22)20-15-17(21(19)14-4-2)16-11-8-7-9-12-16/h4,7-9,11-12,17H,2-3,5-6,10,13-15H2,1H3,(H,20,22). The number of amides is 1. The number of rotatable bonds is 11. The molecule has 1 aromatic rings. The molecule has 0 heterocycles.